The largest absolute Gasteiger partial charge is 0.456 e. The second kappa shape index (κ2) is 5.74. The van der Waals surface area contributed by atoms with Gasteiger partial charge in [0.1, 0.15) is 13.2 Å². The van der Waals surface area contributed by atoms with E-state index in [0.29, 0.717) is 12.2 Å². The standard InChI is InChI=1S/C16H26NO2/c1-16(2,3)14-9-7-8-13(12-14)15(18)19-11-10-17(4,5)6/h7-9,12H,10-11H2,1-6H3/q+1. The number of likely N-dealkylation sites (N-methyl/N-ethyl adjacent to an activating group) is 1. The average Bonchev–Trinajstić information content (AvgIpc) is 2.26. The molecule has 1 rings (SSSR count). The Labute approximate surface area is 116 Å². The fourth-order valence-corrected chi connectivity index (χ4v) is 1.61. The van der Waals surface area contributed by atoms with Crippen molar-refractivity contribution in [2.24, 2.45) is 0 Å². The van der Waals surface area contributed by atoms with Gasteiger partial charge in [-0.25, -0.2) is 4.79 Å². The molecule has 1 aromatic rings. The van der Waals surface area contributed by atoms with Crippen molar-refractivity contribution in [3.8, 4) is 0 Å². The van der Waals surface area contributed by atoms with Crippen LogP contribution in [0.3, 0.4) is 0 Å². The monoisotopic (exact) mass is 264 g/mol. The molecule has 0 heterocycles. The number of esters is 1. The van der Waals surface area contributed by atoms with Crippen LogP contribution in [-0.2, 0) is 10.2 Å². The maximum absolute atomic E-state index is 12.0. The highest BCUT2D eigenvalue weighted by Crippen LogP contribution is 2.23. The lowest BCUT2D eigenvalue weighted by Gasteiger charge is -2.23. The van der Waals surface area contributed by atoms with E-state index in [1.54, 1.807) is 0 Å². The van der Waals surface area contributed by atoms with Crippen LogP contribution in [0, 0.1) is 0 Å². The lowest BCUT2D eigenvalue weighted by molar-refractivity contribution is -0.870. The molecule has 0 bridgehead atoms. The van der Waals surface area contributed by atoms with Crippen molar-refractivity contribution >= 4 is 5.97 Å². The number of benzene rings is 1. The summed E-state index contributed by atoms with van der Waals surface area (Å²) in [4.78, 5) is 12.0. The molecular weight excluding hydrogens is 238 g/mol. The Balaban J connectivity index is 2.68. The van der Waals surface area contributed by atoms with Gasteiger partial charge in [0.2, 0.25) is 0 Å². The van der Waals surface area contributed by atoms with Crippen LogP contribution >= 0.6 is 0 Å². The summed E-state index contributed by atoms with van der Waals surface area (Å²) in [5, 5.41) is 0. The molecule has 0 amide bonds. The molecule has 3 heteroatoms. The molecule has 106 valence electrons. The summed E-state index contributed by atoms with van der Waals surface area (Å²) < 4.78 is 6.10. The molecule has 19 heavy (non-hydrogen) atoms. The number of carbonyl (C=O) groups excluding carboxylic acids is 1. The van der Waals surface area contributed by atoms with E-state index in [4.69, 9.17) is 4.74 Å². The molecule has 0 aliphatic rings. The van der Waals surface area contributed by atoms with E-state index in [-0.39, 0.29) is 11.4 Å². The van der Waals surface area contributed by atoms with Crippen LogP contribution in [-0.4, -0.2) is 44.7 Å². The Bertz CT molecular complexity index is 439. The fraction of sp³-hybridized carbons (Fsp3) is 0.562. The zero-order chi connectivity index (χ0) is 14.7. The lowest BCUT2D eigenvalue weighted by atomic mass is 9.86. The zero-order valence-electron chi connectivity index (χ0n) is 13.0. The molecule has 0 saturated heterocycles. The lowest BCUT2D eigenvalue weighted by Crippen LogP contribution is -2.38. The maximum atomic E-state index is 12.0. The van der Waals surface area contributed by atoms with Crippen molar-refractivity contribution in [1.29, 1.82) is 0 Å². The molecule has 0 N–H and O–H groups in total. The predicted octanol–water partition coefficient (Wildman–Crippen LogP) is 2.85. The van der Waals surface area contributed by atoms with Gasteiger partial charge >= 0.3 is 5.97 Å². The first-order chi connectivity index (χ1) is 8.59. The van der Waals surface area contributed by atoms with Gasteiger partial charge in [0.15, 0.2) is 0 Å². The topological polar surface area (TPSA) is 26.3 Å². The molecule has 0 saturated carbocycles. The summed E-state index contributed by atoms with van der Waals surface area (Å²) in [7, 11) is 6.23. The van der Waals surface area contributed by atoms with E-state index in [2.05, 4.69) is 41.9 Å². The predicted molar refractivity (Wildman–Crippen MR) is 78.3 cm³/mol. The number of nitrogens with zero attached hydrogens (tertiary/aromatic N) is 1. The van der Waals surface area contributed by atoms with Crippen LogP contribution < -0.4 is 0 Å². The Kier molecular flexibility index (Phi) is 4.75. The third-order valence-corrected chi connectivity index (χ3v) is 2.96. The molecule has 0 unspecified atom stereocenters. The summed E-state index contributed by atoms with van der Waals surface area (Å²) >= 11 is 0. The normalized spacial score (nSPS) is 12.3. The van der Waals surface area contributed by atoms with E-state index in [1.807, 2.05) is 24.3 Å². The van der Waals surface area contributed by atoms with E-state index < -0.39 is 0 Å². The van der Waals surface area contributed by atoms with E-state index >= 15 is 0 Å². The summed E-state index contributed by atoms with van der Waals surface area (Å²) in [5.41, 5.74) is 1.82. The zero-order valence-corrected chi connectivity index (χ0v) is 13.0. The molecule has 0 fully saturated rings. The third-order valence-electron chi connectivity index (χ3n) is 2.96. The molecule has 1 aromatic carbocycles. The van der Waals surface area contributed by atoms with Gasteiger partial charge < -0.3 is 9.22 Å². The SMILES string of the molecule is CC(C)(C)c1cccc(C(=O)OCC[N+](C)(C)C)c1. The van der Waals surface area contributed by atoms with Crippen LogP contribution in [0.15, 0.2) is 24.3 Å². The summed E-state index contributed by atoms with van der Waals surface area (Å²) in [5.74, 6) is -0.237. The average molecular weight is 264 g/mol. The van der Waals surface area contributed by atoms with Gasteiger partial charge in [-0.1, -0.05) is 32.9 Å². The van der Waals surface area contributed by atoms with Gasteiger partial charge in [0.25, 0.3) is 0 Å². The van der Waals surface area contributed by atoms with Crippen molar-refractivity contribution < 1.29 is 14.0 Å². The molecule has 0 spiro atoms. The number of rotatable bonds is 4. The van der Waals surface area contributed by atoms with Gasteiger partial charge in [-0.2, -0.15) is 0 Å². The van der Waals surface area contributed by atoms with Crippen molar-refractivity contribution in [2.45, 2.75) is 26.2 Å². The van der Waals surface area contributed by atoms with Crippen LogP contribution in [0.4, 0.5) is 0 Å². The maximum Gasteiger partial charge on any atom is 0.338 e. The summed E-state index contributed by atoms with van der Waals surface area (Å²) in [6.07, 6.45) is 0. The third kappa shape index (κ3) is 5.43. The number of carbonyl (C=O) groups is 1. The molecule has 0 aromatic heterocycles. The molecule has 0 aliphatic heterocycles. The second-order valence-electron chi connectivity index (χ2n) is 6.98. The Morgan fingerprint density at radius 3 is 2.37 bits per heavy atom. The van der Waals surface area contributed by atoms with E-state index in [9.17, 15) is 4.79 Å². The minimum atomic E-state index is -0.237. The highest BCUT2D eigenvalue weighted by molar-refractivity contribution is 5.89. The minimum absolute atomic E-state index is 0.0403. The first kappa shape index (κ1) is 15.7. The van der Waals surface area contributed by atoms with Gasteiger partial charge in [-0.3, -0.25) is 0 Å². The van der Waals surface area contributed by atoms with Crippen LogP contribution in [0.1, 0.15) is 36.7 Å². The minimum Gasteiger partial charge on any atom is -0.456 e. The number of quaternary nitrogens is 1. The highest BCUT2D eigenvalue weighted by atomic mass is 16.5. The fourth-order valence-electron chi connectivity index (χ4n) is 1.61. The van der Waals surface area contributed by atoms with Gasteiger partial charge in [-0.05, 0) is 23.1 Å². The molecular formula is C16H26NO2+. The number of hydrogen-bond donors (Lipinski definition) is 0. The van der Waals surface area contributed by atoms with Crippen molar-refractivity contribution in [3.05, 3.63) is 35.4 Å². The van der Waals surface area contributed by atoms with Crippen molar-refractivity contribution in [3.63, 3.8) is 0 Å². The second-order valence-corrected chi connectivity index (χ2v) is 6.98. The number of ether oxygens (including phenoxy) is 1. The Hall–Kier alpha value is -1.35. The first-order valence-electron chi connectivity index (χ1n) is 6.68. The van der Waals surface area contributed by atoms with Crippen molar-refractivity contribution in [1.82, 2.24) is 0 Å². The molecule has 0 aliphatic carbocycles. The summed E-state index contributed by atoms with van der Waals surface area (Å²) in [6.45, 7) is 7.66. The number of hydrogen-bond acceptors (Lipinski definition) is 2. The Morgan fingerprint density at radius 1 is 1.21 bits per heavy atom. The summed E-state index contributed by atoms with van der Waals surface area (Å²) in [6, 6.07) is 7.69. The van der Waals surface area contributed by atoms with E-state index in [0.717, 1.165) is 16.6 Å². The van der Waals surface area contributed by atoms with Gasteiger partial charge in [0.05, 0.1) is 26.7 Å². The van der Waals surface area contributed by atoms with Gasteiger partial charge in [-0.15, -0.1) is 0 Å². The van der Waals surface area contributed by atoms with Gasteiger partial charge in [0, 0.05) is 0 Å². The molecule has 3 nitrogen and oxygen atoms in total. The Morgan fingerprint density at radius 2 is 1.84 bits per heavy atom. The smallest absolute Gasteiger partial charge is 0.338 e. The van der Waals surface area contributed by atoms with Crippen molar-refractivity contribution in [2.75, 3.05) is 34.3 Å². The van der Waals surface area contributed by atoms with Crippen LogP contribution in [0.25, 0.3) is 0 Å². The highest BCUT2D eigenvalue weighted by Gasteiger charge is 2.16. The quantitative estimate of drug-likeness (QED) is 0.617. The molecule has 0 atom stereocenters. The van der Waals surface area contributed by atoms with Crippen LogP contribution in [0.5, 0.6) is 0 Å². The first-order valence-corrected chi connectivity index (χ1v) is 6.68. The molecule has 0 radical (unpaired) electrons. The van der Waals surface area contributed by atoms with Crippen LogP contribution in [0.2, 0.25) is 0 Å². The van der Waals surface area contributed by atoms with E-state index in [1.165, 1.54) is 0 Å².